The molecule has 3 rings (SSSR count). The standard InChI is InChI=1S/C18H16ClFN2O5S2/c1-26-12-4-3-11(16(7-12)27-2)10-22(18-21-5-6-28-18)29(24,25)17-8-13(19)15(23)9-14(17)20/h3-9,23H,10H2,1-2H3. The van der Waals surface area contributed by atoms with Gasteiger partial charge in [-0.05, 0) is 18.2 Å². The van der Waals surface area contributed by atoms with Crippen molar-refractivity contribution in [2.45, 2.75) is 11.4 Å². The normalized spacial score (nSPS) is 11.3. The first-order chi connectivity index (χ1) is 13.8. The molecule has 0 saturated carbocycles. The van der Waals surface area contributed by atoms with Gasteiger partial charge >= 0.3 is 0 Å². The summed E-state index contributed by atoms with van der Waals surface area (Å²) < 4.78 is 52.5. The quantitative estimate of drug-likeness (QED) is 0.574. The van der Waals surface area contributed by atoms with Gasteiger partial charge in [-0.25, -0.2) is 22.1 Å². The average Bonchev–Trinajstić information content (AvgIpc) is 3.22. The van der Waals surface area contributed by atoms with Crippen molar-refractivity contribution < 1.29 is 27.4 Å². The summed E-state index contributed by atoms with van der Waals surface area (Å²) in [6, 6.07) is 6.44. The molecule has 0 spiro atoms. The van der Waals surface area contributed by atoms with Crippen molar-refractivity contribution in [2.75, 3.05) is 18.5 Å². The van der Waals surface area contributed by atoms with E-state index in [1.807, 2.05) is 0 Å². The molecule has 0 unspecified atom stereocenters. The Bertz CT molecular complexity index is 1120. The minimum Gasteiger partial charge on any atom is -0.506 e. The van der Waals surface area contributed by atoms with Crippen LogP contribution in [0.25, 0.3) is 0 Å². The van der Waals surface area contributed by atoms with Gasteiger partial charge in [0.05, 0.1) is 25.8 Å². The van der Waals surface area contributed by atoms with Crippen molar-refractivity contribution >= 4 is 38.1 Å². The molecule has 0 amide bonds. The number of methoxy groups -OCH3 is 2. The Morgan fingerprint density at radius 2 is 2.00 bits per heavy atom. The van der Waals surface area contributed by atoms with Gasteiger partial charge in [0.2, 0.25) is 0 Å². The molecule has 0 bridgehead atoms. The van der Waals surface area contributed by atoms with Gasteiger partial charge in [0.1, 0.15) is 28.0 Å². The second-order valence-electron chi connectivity index (χ2n) is 5.74. The molecule has 0 atom stereocenters. The number of aromatic nitrogens is 1. The first-order valence-corrected chi connectivity index (χ1v) is 10.8. The predicted octanol–water partition coefficient (Wildman–Crippen LogP) is 4.05. The second kappa shape index (κ2) is 8.44. The summed E-state index contributed by atoms with van der Waals surface area (Å²) in [5.41, 5.74) is 0.511. The largest absolute Gasteiger partial charge is 0.506 e. The average molecular weight is 459 g/mol. The molecule has 11 heteroatoms. The Labute approximate surface area is 176 Å². The Morgan fingerprint density at radius 3 is 2.62 bits per heavy atom. The van der Waals surface area contributed by atoms with E-state index in [0.29, 0.717) is 23.1 Å². The molecular weight excluding hydrogens is 443 g/mol. The number of ether oxygens (including phenoxy) is 2. The molecule has 1 N–H and O–H groups in total. The molecule has 3 aromatic rings. The molecule has 29 heavy (non-hydrogen) atoms. The lowest BCUT2D eigenvalue weighted by atomic mass is 10.2. The summed E-state index contributed by atoms with van der Waals surface area (Å²) in [7, 11) is -1.47. The van der Waals surface area contributed by atoms with E-state index in [1.54, 1.807) is 23.6 Å². The summed E-state index contributed by atoms with van der Waals surface area (Å²) >= 11 is 6.89. The molecule has 0 fully saturated rings. The Morgan fingerprint density at radius 1 is 1.24 bits per heavy atom. The number of rotatable bonds is 7. The zero-order valence-corrected chi connectivity index (χ0v) is 17.7. The van der Waals surface area contributed by atoms with Crippen LogP contribution in [0.5, 0.6) is 17.2 Å². The second-order valence-corrected chi connectivity index (χ2v) is 8.85. The minimum atomic E-state index is -4.41. The maximum absolute atomic E-state index is 14.4. The maximum atomic E-state index is 14.4. The summed E-state index contributed by atoms with van der Waals surface area (Å²) in [5, 5.41) is 11.0. The van der Waals surface area contributed by atoms with Crippen LogP contribution in [0.3, 0.4) is 0 Å². The van der Waals surface area contributed by atoms with Crippen molar-refractivity contribution in [1.82, 2.24) is 4.98 Å². The number of nitrogens with zero attached hydrogens (tertiary/aromatic N) is 2. The summed E-state index contributed by atoms with van der Waals surface area (Å²) in [5.74, 6) is -0.758. The van der Waals surface area contributed by atoms with Crippen LogP contribution in [-0.4, -0.2) is 32.7 Å². The van der Waals surface area contributed by atoms with Gasteiger partial charge in [-0.15, -0.1) is 11.3 Å². The third-order valence-corrected chi connectivity index (χ3v) is 6.97. The number of hydrogen-bond acceptors (Lipinski definition) is 7. The van der Waals surface area contributed by atoms with Crippen LogP contribution in [0, 0.1) is 5.82 Å². The van der Waals surface area contributed by atoms with Crippen molar-refractivity contribution in [2.24, 2.45) is 0 Å². The van der Waals surface area contributed by atoms with E-state index in [0.717, 1.165) is 21.7 Å². The Kier molecular flexibility index (Phi) is 6.15. The van der Waals surface area contributed by atoms with Gasteiger partial charge in [0.15, 0.2) is 5.13 Å². The highest BCUT2D eigenvalue weighted by molar-refractivity contribution is 7.93. The smallest absolute Gasteiger partial charge is 0.269 e. The van der Waals surface area contributed by atoms with Crippen LogP contribution in [-0.2, 0) is 16.6 Å². The zero-order valence-electron chi connectivity index (χ0n) is 15.3. The van der Waals surface area contributed by atoms with Gasteiger partial charge in [0, 0.05) is 29.3 Å². The number of halogens is 2. The van der Waals surface area contributed by atoms with E-state index < -0.39 is 26.5 Å². The number of aromatic hydroxyl groups is 1. The summed E-state index contributed by atoms with van der Waals surface area (Å²) in [6.45, 7) is -0.180. The predicted molar refractivity (Wildman–Crippen MR) is 108 cm³/mol. The fourth-order valence-corrected chi connectivity index (χ4v) is 5.14. The van der Waals surface area contributed by atoms with E-state index in [-0.39, 0.29) is 16.7 Å². The highest BCUT2D eigenvalue weighted by atomic mass is 35.5. The lowest BCUT2D eigenvalue weighted by Gasteiger charge is -2.23. The topological polar surface area (TPSA) is 89.0 Å². The van der Waals surface area contributed by atoms with Gasteiger partial charge < -0.3 is 14.6 Å². The Balaban J connectivity index is 2.11. The molecule has 154 valence electrons. The molecule has 7 nitrogen and oxygen atoms in total. The fourth-order valence-electron chi connectivity index (χ4n) is 2.57. The van der Waals surface area contributed by atoms with Gasteiger partial charge in [-0.1, -0.05) is 11.6 Å². The molecule has 0 radical (unpaired) electrons. The third kappa shape index (κ3) is 4.24. The van der Waals surface area contributed by atoms with Crippen LogP contribution in [0.2, 0.25) is 5.02 Å². The molecule has 0 aliphatic carbocycles. The highest BCUT2D eigenvalue weighted by Crippen LogP contribution is 2.35. The number of sulfonamides is 1. The monoisotopic (exact) mass is 458 g/mol. The zero-order chi connectivity index (χ0) is 21.2. The minimum absolute atomic E-state index is 0.131. The lowest BCUT2D eigenvalue weighted by molar-refractivity contribution is 0.391. The van der Waals surface area contributed by atoms with E-state index in [4.69, 9.17) is 21.1 Å². The van der Waals surface area contributed by atoms with Gasteiger partial charge in [0.25, 0.3) is 10.0 Å². The number of thiazole rings is 1. The number of phenols is 1. The van der Waals surface area contributed by atoms with E-state index >= 15 is 0 Å². The summed E-state index contributed by atoms with van der Waals surface area (Å²) in [6.07, 6.45) is 1.44. The first-order valence-electron chi connectivity index (χ1n) is 8.09. The number of anilines is 1. The fraction of sp³-hybridized carbons (Fsp3) is 0.167. The molecule has 0 saturated heterocycles. The molecule has 0 aliphatic heterocycles. The van der Waals surface area contributed by atoms with Crippen molar-refractivity contribution in [3.63, 3.8) is 0 Å². The molecule has 2 aromatic carbocycles. The number of benzene rings is 2. The maximum Gasteiger partial charge on any atom is 0.269 e. The first kappa shape index (κ1) is 21.2. The Hall–Kier alpha value is -2.56. The molecule has 0 aliphatic rings. The lowest BCUT2D eigenvalue weighted by Crippen LogP contribution is -2.31. The molecule has 1 aromatic heterocycles. The van der Waals surface area contributed by atoms with Gasteiger partial charge in [-0.3, -0.25) is 0 Å². The van der Waals surface area contributed by atoms with Crippen molar-refractivity contribution in [3.8, 4) is 17.2 Å². The molecular formula is C18H16ClFN2O5S2. The van der Waals surface area contributed by atoms with Gasteiger partial charge in [-0.2, -0.15) is 0 Å². The van der Waals surface area contributed by atoms with E-state index in [1.165, 1.54) is 20.4 Å². The van der Waals surface area contributed by atoms with Crippen LogP contribution in [0.1, 0.15) is 5.56 Å². The van der Waals surface area contributed by atoms with Crippen LogP contribution < -0.4 is 13.8 Å². The number of hydrogen-bond donors (Lipinski definition) is 1. The molecule has 1 heterocycles. The van der Waals surface area contributed by atoms with Crippen LogP contribution >= 0.6 is 22.9 Å². The van der Waals surface area contributed by atoms with E-state index in [9.17, 15) is 17.9 Å². The number of phenolic OH excluding ortho intramolecular Hbond substituents is 1. The highest BCUT2D eigenvalue weighted by Gasteiger charge is 2.31. The van der Waals surface area contributed by atoms with Crippen molar-refractivity contribution in [3.05, 3.63) is 58.3 Å². The van der Waals surface area contributed by atoms with E-state index in [2.05, 4.69) is 4.98 Å². The van der Waals surface area contributed by atoms with Crippen LogP contribution in [0.4, 0.5) is 9.52 Å². The van der Waals surface area contributed by atoms with Crippen LogP contribution in [0.15, 0.2) is 46.8 Å². The SMILES string of the molecule is COc1ccc(CN(c2nccs2)S(=O)(=O)c2cc(Cl)c(O)cc2F)c(OC)c1. The third-order valence-electron chi connectivity index (χ3n) is 4.01. The summed E-state index contributed by atoms with van der Waals surface area (Å²) in [4.78, 5) is 3.38. The van der Waals surface area contributed by atoms with Crippen molar-refractivity contribution in [1.29, 1.82) is 0 Å².